The number of anilines is 2. The number of thioether (sulfide) groups is 1. The predicted molar refractivity (Wildman–Crippen MR) is 77.3 cm³/mol. The molecule has 18 heavy (non-hydrogen) atoms. The number of hydrogen-bond donors (Lipinski definition) is 2. The molecule has 0 radical (unpaired) electrons. The van der Waals surface area contributed by atoms with Gasteiger partial charge < -0.3 is 15.3 Å². The van der Waals surface area contributed by atoms with Gasteiger partial charge in [-0.25, -0.2) is 0 Å². The number of aliphatic hydroxyl groups excluding tert-OH is 1. The summed E-state index contributed by atoms with van der Waals surface area (Å²) in [5.74, 6) is 1.90. The highest BCUT2D eigenvalue weighted by Crippen LogP contribution is 2.39. The fourth-order valence-electron chi connectivity index (χ4n) is 2.30. The molecule has 6 heteroatoms. The smallest absolute Gasteiger partial charge is 0.257 e. The summed E-state index contributed by atoms with van der Waals surface area (Å²) in [7, 11) is 0. The minimum absolute atomic E-state index is 0.344. The average Bonchev–Trinajstić information content (AvgIpc) is 2.66. The van der Waals surface area contributed by atoms with Crippen molar-refractivity contribution in [3.05, 3.63) is 22.2 Å². The first-order valence-electron chi connectivity index (χ1n) is 5.82. The van der Waals surface area contributed by atoms with Gasteiger partial charge in [0.25, 0.3) is 5.91 Å². The van der Waals surface area contributed by atoms with Crippen molar-refractivity contribution in [2.24, 2.45) is 0 Å². The Bertz CT molecular complexity index is 503. The summed E-state index contributed by atoms with van der Waals surface area (Å²) in [5, 5.41) is 12.4. The van der Waals surface area contributed by atoms with Crippen LogP contribution in [-0.2, 0) is 4.79 Å². The lowest BCUT2D eigenvalue weighted by Crippen LogP contribution is -2.32. The molecule has 1 fully saturated rings. The van der Waals surface area contributed by atoms with Crippen LogP contribution in [0.15, 0.2) is 16.6 Å². The highest BCUT2D eigenvalue weighted by Gasteiger charge is 2.30. The molecule has 2 aliphatic rings. The Balaban J connectivity index is 1.97. The summed E-state index contributed by atoms with van der Waals surface area (Å²) in [6.07, 6.45) is -1.04. The number of carbonyl (C=O) groups is 1. The molecule has 3 rings (SSSR count). The van der Waals surface area contributed by atoms with E-state index >= 15 is 0 Å². The van der Waals surface area contributed by atoms with E-state index in [2.05, 4.69) is 26.1 Å². The van der Waals surface area contributed by atoms with Crippen LogP contribution in [0, 0.1) is 0 Å². The van der Waals surface area contributed by atoms with Gasteiger partial charge in [-0.2, -0.15) is 11.8 Å². The van der Waals surface area contributed by atoms with E-state index in [0.29, 0.717) is 5.56 Å². The molecule has 1 aromatic carbocycles. The molecule has 2 heterocycles. The van der Waals surface area contributed by atoms with Crippen molar-refractivity contribution in [3.8, 4) is 0 Å². The Hall–Kier alpha value is -0.720. The fourth-order valence-corrected chi connectivity index (χ4v) is 3.82. The summed E-state index contributed by atoms with van der Waals surface area (Å²) in [6, 6.07) is 3.79. The first-order chi connectivity index (χ1) is 8.66. The quantitative estimate of drug-likeness (QED) is 0.827. The van der Waals surface area contributed by atoms with Crippen LogP contribution >= 0.6 is 27.7 Å². The molecule has 2 aliphatic heterocycles. The number of amides is 1. The Morgan fingerprint density at radius 3 is 2.83 bits per heavy atom. The number of benzene rings is 1. The lowest BCUT2D eigenvalue weighted by Gasteiger charge is -2.29. The molecule has 0 spiro atoms. The van der Waals surface area contributed by atoms with Gasteiger partial charge in [0, 0.05) is 40.3 Å². The van der Waals surface area contributed by atoms with Crippen LogP contribution in [0.3, 0.4) is 0 Å². The van der Waals surface area contributed by atoms with E-state index in [4.69, 9.17) is 0 Å². The number of nitrogens with one attached hydrogen (secondary N) is 1. The number of halogens is 1. The topological polar surface area (TPSA) is 52.6 Å². The monoisotopic (exact) mass is 328 g/mol. The number of aliphatic hydroxyl groups is 1. The third-order valence-electron chi connectivity index (χ3n) is 3.27. The molecule has 1 saturated heterocycles. The summed E-state index contributed by atoms with van der Waals surface area (Å²) in [6.45, 7) is 2.02. The first-order valence-corrected chi connectivity index (χ1v) is 7.76. The molecule has 0 aliphatic carbocycles. The fraction of sp³-hybridized carbons (Fsp3) is 0.417. The van der Waals surface area contributed by atoms with Crippen molar-refractivity contribution < 1.29 is 9.90 Å². The summed E-state index contributed by atoms with van der Waals surface area (Å²) < 4.78 is 0.934. The summed E-state index contributed by atoms with van der Waals surface area (Å²) >= 11 is 5.49. The van der Waals surface area contributed by atoms with Crippen molar-refractivity contribution in [3.63, 3.8) is 0 Å². The maximum Gasteiger partial charge on any atom is 0.257 e. The number of nitrogens with zero attached hydrogens (tertiary/aromatic N) is 1. The molecular weight excluding hydrogens is 316 g/mol. The van der Waals surface area contributed by atoms with E-state index in [9.17, 15) is 9.90 Å². The first kappa shape index (κ1) is 12.3. The van der Waals surface area contributed by atoms with E-state index in [1.165, 1.54) is 0 Å². The highest BCUT2D eigenvalue weighted by molar-refractivity contribution is 9.10. The Morgan fingerprint density at radius 2 is 2.11 bits per heavy atom. The van der Waals surface area contributed by atoms with Gasteiger partial charge in [-0.3, -0.25) is 4.79 Å². The van der Waals surface area contributed by atoms with Gasteiger partial charge in [-0.1, -0.05) is 0 Å². The maximum atomic E-state index is 11.4. The largest absolute Gasteiger partial charge is 0.378 e. The number of carbonyl (C=O) groups excluding carboxylic acids is 1. The standard InChI is InChI=1S/C12H13BrN2O2S/c13-8-5-7-9(14-12(17)11(7)16)6-10(8)15-1-3-18-4-2-15/h5-6,11,16H,1-4H2,(H,14,17). The highest BCUT2D eigenvalue weighted by atomic mass is 79.9. The van der Waals surface area contributed by atoms with E-state index in [0.717, 1.165) is 40.4 Å². The van der Waals surface area contributed by atoms with Crippen molar-refractivity contribution in [1.82, 2.24) is 0 Å². The number of hydrogen-bond acceptors (Lipinski definition) is 4. The molecule has 2 N–H and O–H groups in total. The normalized spacial score (nSPS) is 22.9. The van der Waals surface area contributed by atoms with Gasteiger partial charge >= 0.3 is 0 Å². The van der Waals surface area contributed by atoms with E-state index < -0.39 is 6.10 Å². The van der Waals surface area contributed by atoms with Crippen molar-refractivity contribution in [1.29, 1.82) is 0 Å². The Labute approximate surface area is 118 Å². The lowest BCUT2D eigenvalue weighted by atomic mass is 10.1. The molecule has 1 amide bonds. The zero-order valence-corrected chi connectivity index (χ0v) is 12.1. The molecule has 4 nitrogen and oxygen atoms in total. The Morgan fingerprint density at radius 1 is 1.39 bits per heavy atom. The SMILES string of the molecule is O=C1Nc2cc(N3CCSCC3)c(Br)cc2C1O. The number of rotatable bonds is 1. The predicted octanol–water partition coefficient (Wildman–Crippen LogP) is 1.99. The second-order valence-corrected chi connectivity index (χ2v) is 6.46. The molecular formula is C12H13BrN2O2S. The Kier molecular flexibility index (Phi) is 3.25. The van der Waals surface area contributed by atoms with Crippen LogP contribution in [0.25, 0.3) is 0 Å². The van der Waals surface area contributed by atoms with E-state index in [-0.39, 0.29) is 5.91 Å². The third kappa shape index (κ3) is 2.02. The zero-order chi connectivity index (χ0) is 12.7. The second-order valence-electron chi connectivity index (χ2n) is 4.38. The van der Waals surface area contributed by atoms with Gasteiger partial charge in [0.15, 0.2) is 6.10 Å². The molecule has 96 valence electrons. The molecule has 0 saturated carbocycles. The minimum atomic E-state index is -1.04. The summed E-state index contributed by atoms with van der Waals surface area (Å²) in [4.78, 5) is 13.7. The van der Waals surface area contributed by atoms with E-state index in [1.807, 2.05) is 23.9 Å². The van der Waals surface area contributed by atoms with E-state index in [1.54, 1.807) is 0 Å². The van der Waals surface area contributed by atoms with Crippen molar-refractivity contribution in [2.45, 2.75) is 6.10 Å². The van der Waals surface area contributed by atoms with Crippen LogP contribution in [0.2, 0.25) is 0 Å². The lowest BCUT2D eigenvalue weighted by molar-refractivity contribution is -0.123. The third-order valence-corrected chi connectivity index (χ3v) is 4.85. The molecule has 1 atom stereocenters. The van der Waals surface area contributed by atoms with Gasteiger partial charge in [0.1, 0.15) is 0 Å². The molecule has 0 aromatic heterocycles. The molecule has 1 unspecified atom stereocenters. The van der Waals surface area contributed by atoms with Gasteiger partial charge in [0.2, 0.25) is 0 Å². The average molecular weight is 329 g/mol. The molecule has 0 bridgehead atoms. The van der Waals surface area contributed by atoms with Crippen molar-refractivity contribution >= 4 is 45.0 Å². The van der Waals surface area contributed by atoms with Crippen LogP contribution in [-0.4, -0.2) is 35.6 Å². The molecule has 1 aromatic rings. The van der Waals surface area contributed by atoms with Crippen LogP contribution < -0.4 is 10.2 Å². The van der Waals surface area contributed by atoms with Gasteiger partial charge in [0.05, 0.1) is 5.69 Å². The minimum Gasteiger partial charge on any atom is -0.378 e. The van der Waals surface area contributed by atoms with Crippen LogP contribution in [0.1, 0.15) is 11.7 Å². The van der Waals surface area contributed by atoms with Gasteiger partial charge in [-0.15, -0.1) is 0 Å². The van der Waals surface area contributed by atoms with Crippen molar-refractivity contribution in [2.75, 3.05) is 34.8 Å². The number of fused-ring (bicyclic) bond motifs is 1. The maximum absolute atomic E-state index is 11.4. The summed E-state index contributed by atoms with van der Waals surface area (Å²) in [5.41, 5.74) is 2.47. The van der Waals surface area contributed by atoms with Crippen LogP contribution in [0.5, 0.6) is 0 Å². The second kappa shape index (κ2) is 4.75. The zero-order valence-electron chi connectivity index (χ0n) is 9.65. The van der Waals surface area contributed by atoms with Gasteiger partial charge in [-0.05, 0) is 28.1 Å². The van der Waals surface area contributed by atoms with Crippen LogP contribution in [0.4, 0.5) is 11.4 Å².